The van der Waals surface area contributed by atoms with Crippen LogP contribution < -0.4 is 0 Å². The fourth-order valence-corrected chi connectivity index (χ4v) is 11.3. The molecule has 0 saturated heterocycles. The van der Waals surface area contributed by atoms with E-state index in [0.717, 1.165) is 186 Å². The van der Waals surface area contributed by atoms with Crippen molar-refractivity contribution in [1.82, 2.24) is 0 Å². The third kappa shape index (κ3) is 76.1. The van der Waals surface area contributed by atoms with Gasteiger partial charge in [-0.05, 0) is 167 Å². The lowest BCUT2D eigenvalue weighted by molar-refractivity contribution is -0.161. The first kappa shape index (κ1) is 99.9. The zero-order valence-electron chi connectivity index (χ0n) is 65.3. The maximum atomic E-state index is 13.1. The number of ether oxygens (including phenoxy) is 4. The van der Waals surface area contributed by atoms with E-state index in [1.165, 1.54) is 0 Å². The van der Waals surface area contributed by atoms with E-state index in [2.05, 4.69) is 204 Å². The fourth-order valence-electron chi connectivity index (χ4n) is 9.68. The largest absolute Gasteiger partial charge is 0.472 e. The Kier molecular flexibility index (Phi) is 72.6. The van der Waals surface area contributed by atoms with Gasteiger partial charge in [-0.2, -0.15) is 0 Å². The average molecular weight is 1520 g/mol. The molecule has 0 rings (SSSR count). The Labute approximate surface area is 640 Å². The number of phosphoric ester groups is 2. The van der Waals surface area contributed by atoms with E-state index in [1.54, 1.807) is 0 Å². The lowest BCUT2D eigenvalue weighted by Crippen LogP contribution is -2.30. The van der Waals surface area contributed by atoms with Gasteiger partial charge in [0, 0.05) is 25.7 Å². The van der Waals surface area contributed by atoms with Crippen LogP contribution in [0.5, 0.6) is 0 Å². The maximum Gasteiger partial charge on any atom is 0.472 e. The molecule has 0 amide bonds. The van der Waals surface area contributed by atoms with Crippen LogP contribution >= 0.6 is 15.6 Å². The van der Waals surface area contributed by atoms with E-state index in [1.807, 2.05) is 18.2 Å². The van der Waals surface area contributed by atoms with Gasteiger partial charge in [0.1, 0.15) is 19.3 Å². The quantitative estimate of drug-likeness (QED) is 0.0169. The molecule has 0 heterocycles. The monoisotopic (exact) mass is 1520 g/mol. The van der Waals surface area contributed by atoms with Gasteiger partial charge >= 0.3 is 39.5 Å². The molecule has 0 aromatic heterocycles. The highest BCUT2D eigenvalue weighted by atomic mass is 31.2. The minimum Gasteiger partial charge on any atom is -0.462 e. The molecule has 598 valence electrons. The number of hydrogen-bond acceptors (Lipinski definition) is 15. The summed E-state index contributed by atoms with van der Waals surface area (Å²) in [5.41, 5.74) is 0. The summed E-state index contributed by atoms with van der Waals surface area (Å²) >= 11 is 0. The Morgan fingerprint density at radius 3 is 0.764 bits per heavy atom. The third-order valence-electron chi connectivity index (χ3n) is 15.6. The maximum absolute atomic E-state index is 13.1. The molecule has 0 spiro atoms. The van der Waals surface area contributed by atoms with Crippen LogP contribution in [0, 0.1) is 0 Å². The summed E-state index contributed by atoms with van der Waals surface area (Å²) in [5.74, 6) is -2.36. The van der Waals surface area contributed by atoms with Crippen molar-refractivity contribution in [2.75, 3.05) is 39.6 Å². The second kappa shape index (κ2) is 77.1. The van der Waals surface area contributed by atoms with Crippen LogP contribution in [0.15, 0.2) is 194 Å². The Morgan fingerprint density at radius 1 is 0.264 bits per heavy atom. The summed E-state index contributed by atoms with van der Waals surface area (Å²) in [6.45, 7) is 4.24. The van der Waals surface area contributed by atoms with Crippen molar-refractivity contribution in [2.45, 2.75) is 290 Å². The molecule has 17 nitrogen and oxygen atoms in total. The number of rotatable bonds is 72. The molecule has 0 aliphatic heterocycles. The molecule has 5 unspecified atom stereocenters. The van der Waals surface area contributed by atoms with Crippen molar-refractivity contribution < 1.29 is 80.2 Å². The molecule has 0 aromatic rings. The summed E-state index contributed by atoms with van der Waals surface area (Å²) in [5, 5.41) is 10.6. The second-order valence-electron chi connectivity index (χ2n) is 25.5. The van der Waals surface area contributed by atoms with Gasteiger partial charge in [0.05, 0.1) is 26.4 Å². The van der Waals surface area contributed by atoms with Gasteiger partial charge in [-0.15, -0.1) is 0 Å². The van der Waals surface area contributed by atoms with Gasteiger partial charge in [-0.1, -0.05) is 273 Å². The first-order valence-electron chi connectivity index (χ1n) is 39.7. The average Bonchev–Trinajstić information content (AvgIpc) is 0.902. The predicted octanol–water partition coefficient (Wildman–Crippen LogP) is 23.3. The molecule has 0 aliphatic rings. The van der Waals surface area contributed by atoms with Crippen LogP contribution in [0.4, 0.5) is 0 Å². The number of carbonyl (C=O) groups is 4. The van der Waals surface area contributed by atoms with Crippen molar-refractivity contribution >= 4 is 39.5 Å². The van der Waals surface area contributed by atoms with Gasteiger partial charge in [-0.3, -0.25) is 37.3 Å². The van der Waals surface area contributed by atoms with Gasteiger partial charge in [-0.25, -0.2) is 9.13 Å². The number of phosphoric acid groups is 2. The molecular weight excluding hydrogens is 1380 g/mol. The molecule has 106 heavy (non-hydrogen) atoms. The van der Waals surface area contributed by atoms with E-state index in [4.69, 9.17) is 37.0 Å². The minimum absolute atomic E-state index is 0.0221. The molecule has 3 N–H and O–H groups in total. The molecular formula is C87H138O17P2. The molecule has 0 bridgehead atoms. The normalized spacial score (nSPS) is 14.9. The highest BCUT2D eigenvalue weighted by molar-refractivity contribution is 7.47. The minimum atomic E-state index is -5.01. The van der Waals surface area contributed by atoms with Crippen molar-refractivity contribution in [3.63, 3.8) is 0 Å². The van der Waals surface area contributed by atoms with Crippen LogP contribution in [0.3, 0.4) is 0 Å². The number of hydrogen-bond donors (Lipinski definition) is 3. The van der Waals surface area contributed by atoms with Gasteiger partial charge in [0.25, 0.3) is 0 Å². The molecule has 0 aromatic carbocycles. The number of unbranched alkanes of at least 4 members (excludes halogenated alkanes) is 14. The number of esters is 4. The van der Waals surface area contributed by atoms with Crippen LogP contribution in [0.2, 0.25) is 0 Å². The topological polar surface area (TPSA) is 237 Å². The molecule has 5 atom stereocenters. The van der Waals surface area contributed by atoms with E-state index < -0.39 is 97.5 Å². The van der Waals surface area contributed by atoms with E-state index in [9.17, 15) is 43.2 Å². The Balaban J connectivity index is 5.51. The Hall–Kier alpha value is -6.10. The highest BCUT2D eigenvalue weighted by Gasteiger charge is 2.30. The number of allylic oxidation sites excluding steroid dienone is 32. The van der Waals surface area contributed by atoms with Crippen molar-refractivity contribution in [2.24, 2.45) is 0 Å². The first-order chi connectivity index (χ1) is 51.7. The van der Waals surface area contributed by atoms with Crippen LogP contribution in [-0.2, 0) is 65.4 Å². The Bertz CT molecular complexity index is 2780. The summed E-state index contributed by atoms with van der Waals surface area (Å²) in [6, 6.07) is 0. The number of aliphatic hydroxyl groups excluding tert-OH is 1. The molecule has 0 radical (unpaired) electrons. The first-order valence-corrected chi connectivity index (χ1v) is 42.7. The smallest absolute Gasteiger partial charge is 0.462 e. The van der Waals surface area contributed by atoms with Crippen LogP contribution in [0.25, 0.3) is 0 Å². The van der Waals surface area contributed by atoms with E-state index in [0.29, 0.717) is 32.1 Å². The zero-order valence-corrected chi connectivity index (χ0v) is 67.1. The lowest BCUT2D eigenvalue weighted by atomic mass is 10.1. The standard InChI is InChI=1S/C87H138O17P2/c1-5-9-13-17-21-25-29-33-37-39-40-42-45-48-52-56-60-64-68-72-85(90)98-78-83(104-87(92)74-70-66-62-58-54-50-46-41-38-34-30-26-22-18-14-10-6-2)80-102-106(95,96)100-76-81(88)75-99-105(93,94)101-79-82(103-86(91)73-69-65-61-57-53-49-44-36-32-28-24-20-16-12-8-4)77-97-84(89)71-67-63-59-55-51-47-43-35-31-27-23-19-15-11-7-3/h9-16,21-28,33-38,40,42-44,46,48,50,52,60,64,81-83,88H,5-8,17-20,29-32,39,41,45,47,49,51,53-59,61-63,65-80H2,1-4H3,(H,93,94)(H,95,96)/b13-9-,14-10-,15-11-,16-12-,25-21-,26-22-,27-23-,28-24-,37-33-,38-34-,42-40-,43-35-,44-36-,50-46-,52-48-,64-60-. The van der Waals surface area contributed by atoms with Gasteiger partial charge in [0.2, 0.25) is 0 Å². The van der Waals surface area contributed by atoms with Gasteiger partial charge < -0.3 is 33.8 Å². The van der Waals surface area contributed by atoms with E-state index >= 15 is 0 Å². The summed E-state index contributed by atoms with van der Waals surface area (Å²) in [4.78, 5) is 73.0. The SMILES string of the molecule is CC/C=C\C/C=C\C/C=C\C/C=C\C/C=C\C/C=C\CCC(=O)OCC(COP(=O)(O)OCC(O)COP(=O)(O)OCC(COC(=O)CCCCCCC/C=C\C/C=C\C/C=C\CC)OC(=O)CCCCCCC/C=C\C/C=C\C/C=C\CC)OC(=O)CCCCCC/C=C\C/C=C\C/C=C\C/C=C\CC. The molecule has 0 aliphatic carbocycles. The van der Waals surface area contributed by atoms with E-state index in [-0.39, 0.29) is 25.7 Å². The summed E-state index contributed by atoms with van der Waals surface area (Å²) in [6.07, 6.45) is 94.2. The third-order valence-corrected chi connectivity index (χ3v) is 17.5. The highest BCUT2D eigenvalue weighted by Crippen LogP contribution is 2.45. The van der Waals surface area contributed by atoms with Crippen molar-refractivity contribution in [1.29, 1.82) is 0 Å². The van der Waals surface area contributed by atoms with Crippen LogP contribution in [-0.4, -0.2) is 96.7 Å². The predicted molar refractivity (Wildman–Crippen MR) is 436 cm³/mol. The number of aliphatic hydroxyl groups is 1. The van der Waals surface area contributed by atoms with Gasteiger partial charge in [0.15, 0.2) is 12.2 Å². The number of carbonyl (C=O) groups excluding carboxylic acids is 4. The molecule has 0 saturated carbocycles. The zero-order chi connectivity index (χ0) is 77.4. The van der Waals surface area contributed by atoms with Crippen LogP contribution in [0.1, 0.15) is 272 Å². The lowest BCUT2D eigenvalue weighted by Gasteiger charge is -2.21. The summed E-state index contributed by atoms with van der Waals surface area (Å²) < 4.78 is 68.5. The summed E-state index contributed by atoms with van der Waals surface area (Å²) in [7, 11) is -10.0. The molecule has 19 heteroatoms. The fraction of sp³-hybridized carbons (Fsp3) is 0.586. The van der Waals surface area contributed by atoms with Crippen molar-refractivity contribution in [3.05, 3.63) is 194 Å². The second-order valence-corrected chi connectivity index (χ2v) is 28.4. The Morgan fingerprint density at radius 2 is 0.481 bits per heavy atom. The van der Waals surface area contributed by atoms with Crippen molar-refractivity contribution in [3.8, 4) is 0 Å². The molecule has 0 fully saturated rings.